The van der Waals surface area contributed by atoms with Crippen LogP contribution in [0.2, 0.25) is 0 Å². The Morgan fingerprint density at radius 2 is 2.00 bits per heavy atom. The summed E-state index contributed by atoms with van der Waals surface area (Å²) in [4.78, 5) is 13.8. The van der Waals surface area contributed by atoms with E-state index in [0.29, 0.717) is 13.0 Å². The molecular weight excluding hydrogens is 292 g/mol. The maximum atomic E-state index is 12.2. The molecule has 1 amide bonds. The molecule has 1 aromatic carbocycles. The molecule has 18 heavy (non-hydrogen) atoms. The second-order valence-corrected chi connectivity index (χ2v) is 5.50. The lowest BCUT2D eigenvalue weighted by atomic mass is 9.88. The van der Waals surface area contributed by atoms with Gasteiger partial charge in [-0.1, -0.05) is 35.0 Å². The number of hydrogen-bond acceptors (Lipinski definition) is 2. The van der Waals surface area contributed by atoms with Gasteiger partial charge in [0.2, 0.25) is 5.91 Å². The summed E-state index contributed by atoms with van der Waals surface area (Å²) in [6.07, 6.45) is 0.521. The van der Waals surface area contributed by atoms with E-state index in [0.717, 1.165) is 10.0 Å². The predicted molar refractivity (Wildman–Crippen MR) is 74.6 cm³/mol. The first-order valence-corrected chi connectivity index (χ1v) is 6.63. The van der Waals surface area contributed by atoms with Crippen LogP contribution in [0.3, 0.4) is 0 Å². The Balaban J connectivity index is 2.77. The molecule has 1 atom stereocenters. The van der Waals surface area contributed by atoms with Gasteiger partial charge in [0.15, 0.2) is 0 Å². The van der Waals surface area contributed by atoms with Crippen molar-refractivity contribution in [1.82, 2.24) is 4.90 Å². The molecule has 96 valence electrons. The molecular formula is C14H17BrN2O. The topological polar surface area (TPSA) is 44.1 Å². The van der Waals surface area contributed by atoms with Gasteiger partial charge < -0.3 is 4.90 Å². The van der Waals surface area contributed by atoms with E-state index >= 15 is 0 Å². The average Bonchev–Trinajstić information content (AvgIpc) is 2.39. The summed E-state index contributed by atoms with van der Waals surface area (Å²) in [6.45, 7) is 4.06. The average molecular weight is 309 g/mol. The van der Waals surface area contributed by atoms with Crippen LogP contribution < -0.4 is 0 Å². The van der Waals surface area contributed by atoms with E-state index in [1.807, 2.05) is 31.2 Å². The largest absolute Gasteiger partial charge is 0.340 e. The highest BCUT2D eigenvalue weighted by Crippen LogP contribution is 2.23. The fourth-order valence-corrected chi connectivity index (χ4v) is 1.90. The molecule has 0 aliphatic heterocycles. The van der Waals surface area contributed by atoms with Gasteiger partial charge in [-0.05, 0) is 31.0 Å². The van der Waals surface area contributed by atoms with E-state index < -0.39 is 5.41 Å². The monoisotopic (exact) mass is 308 g/mol. The molecule has 0 aliphatic carbocycles. The van der Waals surface area contributed by atoms with Crippen molar-refractivity contribution in [3.63, 3.8) is 0 Å². The Labute approximate surface area is 117 Å². The van der Waals surface area contributed by atoms with E-state index in [-0.39, 0.29) is 5.91 Å². The van der Waals surface area contributed by atoms with Crippen molar-refractivity contribution in [2.75, 3.05) is 7.05 Å². The second-order valence-electron chi connectivity index (χ2n) is 4.59. The van der Waals surface area contributed by atoms with Gasteiger partial charge in [0, 0.05) is 18.1 Å². The number of carbonyl (C=O) groups excluding carboxylic acids is 1. The van der Waals surface area contributed by atoms with Crippen LogP contribution in [0.1, 0.15) is 25.8 Å². The van der Waals surface area contributed by atoms with Crippen molar-refractivity contribution in [1.29, 1.82) is 5.26 Å². The SMILES string of the molecule is CCC(C)(C#N)C(=O)N(C)Cc1ccc(Br)cc1. The normalized spacial score (nSPS) is 13.5. The number of hydrogen-bond donors (Lipinski definition) is 0. The number of carbonyl (C=O) groups is 1. The Kier molecular flexibility index (Phi) is 4.92. The quantitative estimate of drug-likeness (QED) is 0.856. The van der Waals surface area contributed by atoms with Gasteiger partial charge in [-0.25, -0.2) is 0 Å². The highest BCUT2D eigenvalue weighted by atomic mass is 79.9. The van der Waals surface area contributed by atoms with Crippen molar-refractivity contribution in [2.24, 2.45) is 5.41 Å². The number of benzene rings is 1. The minimum Gasteiger partial charge on any atom is -0.340 e. The third-order valence-electron chi connectivity index (χ3n) is 3.11. The fourth-order valence-electron chi connectivity index (χ4n) is 1.63. The molecule has 0 N–H and O–H groups in total. The summed E-state index contributed by atoms with van der Waals surface area (Å²) in [7, 11) is 1.73. The zero-order chi connectivity index (χ0) is 13.8. The molecule has 0 aliphatic rings. The predicted octanol–water partition coefficient (Wildman–Crippen LogP) is 3.35. The number of rotatable bonds is 4. The first-order valence-electron chi connectivity index (χ1n) is 5.84. The van der Waals surface area contributed by atoms with Crippen LogP contribution in [0.5, 0.6) is 0 Å². The first-order chi connectivity index (χ1) is 8.42. The molecule has 0 bridgehead atoms. The highest BCUT2D eigenvalue weighted by molar-refractivity contribution is 9.10. The van der Waals surface area contributed by atoms with E-state index in [4.69, 9.17) is 5.26 Å². The summed E-state index contributed by atoms with van der Waals surface area (Å²) < 4.78 is 1.01. The van der Waals surface area contributed by atoms with Gasteiger partial charge in [-0.2, -0.15) is 5.26 Å². The number of amides is 1. The summed E-state index contributed by atoms with van der Waals surface area (Å²) in [5.74, 6) is -0.129. The summed E-state index contributed by atoms with van der Waals surface area (Å²) in [5.41, 5.74) is 0.120. The van der Waals surface area contributed by atoms with Crippen LogP contribution >= 0.6 is 15.9 Å². The lowest BCUT2D eigenvalue weighted by Gasteiger charge is -2.26. The van der Waals surface area contributed by atoms with E-state index in [2.05, 4.69) is 22.0 Å². The van der Waals surface area contributed by atoms with Crippen molar-refractivity contribution < 1.29 is 4.79 Å². The molecule has 0 saturated carbocycles. The summed E-state index contributed by atoms with van der Waals surface area (Å²) in [5, 5.41) is 9.10. The smallest absolute Gasteiger partial charge is 0.242 e. The van der Waals surface area contributed by atoms with Crippen LogP contribution in [0.4, 0.5) is 0 Å². The van der Waals surface area contributed by atoms with Crippen LogP contribution in [0, 0.1) is 16.7 Å². The molecule has 3 nitrogen and oxygen atoms in total. The van der Waals surface area contributed by atoms with Crippen LogP contribution in [-0.2, 0) is 11.3 Å². The minimum absolute atomic E-state index is 0.129. The minimum atomic E-state index is -0.926. The van der Waals surface area contributed by atoms with E-state index in [1.54, 1.807) is 18.9 Å². The Bertz CT molecular complexity index is 464. The van der Waals surface area contributed by atoms with Crippen LogP contribution in [0.15, 0.2) is 28.7 Å². The molecule has 0 radical (unpaired) electrons. The Morgan fingerprint density at radius 3 is 2.44 bits per heavy atom. The lowest BCUT2D eigenvalue weighted by Crippen LogP contribution is -2.38. The zero-order valence-corrected chi connectivity index (χ0v) is 12.5. The molecule has 0 saturated heterocycles. The number of nitrogens with zero attached hydrogens (tertiary/aromatic N) is 2. The standard InChI is InChI=1S/C14H17BrN2O/c1-4-14(2,10-16)13(18)17(3)9-11-5-7-12(15)8-6-11/h5-8H,4,9H2,1-3H3. The van der Waals surface area contributed by atoms with E-state index in [9.17, 15) is 4.79 Å². The Morgan fingerprint density at radius 1 is 1.44 bits per heavy atom. The fraction of sp³-hybridized carbons (Fsp3) is 0.429. The molecule has 1 rings (SSSR count). The summed E-state index contributed by atoms with van der Waals surface area (Å²) >= 11 is 3.37. The van der Waals surface area contributed by atoms with Crippen LogP contribution in [-0.4, -0.2) is 17.9 Å². The van der Waals surface area contributed by atoms with Gasteiger partial charge in [0.05, 0.1) is 6.07 Å². The maximum Gasteiger partial charge on any atom is 0.242 e. The van der Waals surface area contributed by atoms with Crippen molar-refractivity contribution in [3.05, 3.63) is 34.3 Å². The molecule has 0 heterocycles. The lowest BCUT2D eigenvalue weighted by molar-refractivity contribution is -0.137. The molecule has 4 heteroatoms. The highest BCUT2D eigenvalue weighted by Gasteiger charge is 2.33. The number of nitriles is 1. The van der Waals surface area contributed by atoms with E-state index in [1.165, 1.54) is 0 Å². The second kappa shape index (κ2) is 6.01. The van der Waals surface area contributed by atoms with Gasteiger partial charge >= 0.3 is 0 Å². The maximum absolute atomic E-state index is 12.2. The summed E-state index contributed by atoms with van der Waals surface area (Å²) in [6, 6.07) is 9.91. The molecule has 0 aromatic heterocycles. The van der Waals surface area contributed by atoms with Gasteiger partial charge in [0.1, 0.15) is 5.41 Å². The third-order valence-corrected chi connectivity index (χ3v) is 3.63. The Hall–Kier alpha value is -1.34. The molecule has 1 aromatic rings. The van der Waals surface area contributed by atoms with Gasteiger partial charge in [-0.3, -0.25) is 4.79 Å². The molecule has 1 unspecified atom stereocenters. The van der Waals surface area contributed by atoms with Gasteiger partial charge in [0.25, 0.3) is 0 Å². The van der Waals surface area contributed by atoms with Crippen molar-refractivity contribution >= 4 is 21.8 Å². The van der Waals surface area contributed by atoms with Crippen molar-refractivity contribution in [2.45, 2.75) is 26.8 Å². The first kappa shape index (κ1) is 14.7. The third kappa shape index (κ3) is 3.33. The molecule has 0 spiro atoms. The zero-order valence-electron chi connectivity index (χ0n) is 10.9. The van der Waals surface area contributed by atoms with Crippen LogP contribution in [0.25, 0.3) is 0 Å². The van der Waals surface area contributed by atoms with Crippen molar-refractivity contribution in [3.8, 4) is 6.07 Å². The molecule has 0 fully saturated rings. The van der Waals surface area contributed by atoms with Gasteiger partial charge in [-0.15, -0.1) is 0 Å². The number of halogens is 1.